The zero-order chi connectivity index (χ0) is 14.7. The predicted octanol–water partition coefficient (Wildman–Crippen LogP) is 2.34. The average molecular weight is 305 g/mol. The van der Waals surface area contributed by atoms with Crippen LogP contribution >= 0.6 is 11.8 Å². The molecule has 2 aliphatic rings. The number of piperazine rings is 1. The number of thioether (sulfide) groups is 1. The molecule has 4 heteroatoms. The topological polar surface area (TPSA) is 32.5 Å². The molecule has 0 spiro atoms. The van der Waals surface area contributed by atoms with E-state index in [1.54, 1.807) is 0 Å². The second kappa shape index (κ2) is 6.59. The molecule has 0 aliphatic carbocycles. The largest absolute Gasteiger partial charge is 0.369 e. The molecule has 1 aromatic carbocycles. The summed E-state index contributed by atoms with van der Waals surface area (Å²) >= 11 is 2.08. The molecule has 2 saturated heterocycles. The minimum atomic E-state index is 0.282. The molecule has 0 saturated carbocycles. The van der Waals surface area contributed by atoms with Gasteiger partial charge in [0.05, 0.1) is 0 Å². The number of nitrogens with zero attached hydrogens (tertiary/aromatic N) is 2. The maximum Gasteiger partial charge on any atom is 0.0369 e. The molecular weight excluding hydrogens is 278 g/mol. The quantitative estimate of drug-likeness (QED) is 0.929. The lowest BCUT2D eigenvalue weighted by Gasteiger charge is -2.49. The summed E-state index contributed by atoms with van der Waals surface area (Å²) in [6.45, 7) is 7.53. The van der Waals surface area contributed by atoms with Gasteiger partial charge in [0.2, 0.25) is 0 Å². The maximum atomic E-state index is 6.17. The van der Waals surface area contributed by atoms with Crippen molar-refractivity contribution in [2.45, 2.75) is 25.3 Å². The number of hydrogen-bond acceptors (Lipinski definition) is 4. The van der Waals surface area contributed by atoms with Gasteiger partial charge < -0.3 is 10.6 Å². The summed E-state index contributed by atoms with van der Waals surface area (Å²) in [7, 11) is 0. The lowest BCUT2D eigenvalue weighted by Crippen LogP contribution is -2.61. The Morgan fingerprint density at radius 1 is 1.14 bits per heavy atom. The van der Waals surface area contributed by atoms with Crippen LogP contribution < -0.4 is 10.6 Å². The first-order valence-corrected chi connectivity index (χ1v) is 9.23. The van der Waals surface area contributed by atoms with Crippen LogP contribution in [0.1, 0.15) is 18.4 Å². The molecule has 116 valence electrons. The molecule has 2 heterocycles. The molecule has 2 fully saturated rings. The van der Waals surface area contributed by atoms with E-state index in [-0.39, 0.29) is 5.54 Å². The van der Waals surface area contributed by atoms with Crippen molar-refractivity contribution < 1.29 is 0 Å². The monoisotopic (exact) mass is 305 g/mol. The van der Waals surface area contributed by atoms with Gasteiger partial charge in [-0.3, -0.25) is 4.90 Å². The second-order valence-electron chi connectivity index (χ2n) is 6.35. The van der Waals surface area contributed by atoms with Crippen molar-refractivity contribution >= 4 is 17.4 Å². The highest BCUT2D eigenvalue weighted by Gasteiger charge is 2.38. The average Bonchev–Trinajstić information content (AvgIpc) is 2.56. The number of hydrogen-bond donors (Lipinski definition) is 1. The van der Waals surface area contributed by atoms with Crippen LogP contribution in [0.15, 0.2) is 24.3 Å². The second-order valence-corrected chi connectivity index (χ2v) is 7.58. The van der Waals surface area contributed by atoms with Crippen LogP contribution in [0.25, 0.3) is 0 Å². The van der Waals surface area contributed by atoms with Crippen molar-refractivity contribution in [3.8, 4) is 0 Å². The minimum Gasteiger partial charge on any atom is -0.369 e. The van der Waals surface area contributed by atoms with Gasteiger partial charge in [-0.05, 0) is 49.0 Å². The minimum absolute atomic E-state index is 0.282. The Labute approximate surface area is 132 Å². The molecular formula is C17H27N3S. The van der Waals surface area contributed by atoms with Gasteiger partial charge in [-0.2, -0.15) is 11.8 Å². The fourth-order valence-corrected chi connectivity index (χ4v) is 4.92. The Kier molecular flexibility index (Phi) is 4.77. The molecule has 0 aromatic heterocycles. The molecule has 2 aliphatic heterocycles. The van der Waals surface area contributed by atoms with E-state index in [2.05, 4.69) is 52.8 Å². The van der Waals surface area contributed by atoms with Gasteiger partial charge in [0.15, 0.2) is 0 Å². The van der Waals surface area contributed by atoms with Crippen LogP contribution in [-0.2, 0) is 0 Å². The van der Waals surface area contributed by atoms with E-state index in [4.69, 9.17) is 5.73 Å². The fourth-order valence-electron chi connectivity index (χ4n) is 3.66. The molecule has 21 heavy (non-hydrogen) atoms. The SMILES string of the molecule is Cc1cccc(N2CCN(C3(CN)CCSCC3)CC2)c1. The lowest BCUT2D eigenvalue weighted by atomic mass is 9.89. The van der Waals surface area contributed by atoms with E-state index in [9.17, 15) is 0 Å². The van der Waals surface area contributed by atoms with Crippen LogP contribution in [-0.4, -0.2) is 54.7 Å². The molecule has 0 atom stereocenters. The molecule has 2 N–H and O–H groups in total. The Hall–Kier alpha value is -0.710. The molecule has 1 aromatic rings. The molecule has 0 amide bonds. The Bertz CT molecular complexity index is 463. The van der Waals surface area contributed by atoms with E-state index >= 15 is 0 Å². The molecule has 0 bridgehead atoms. The van der Waals surface area contributed by atoms with Crippen molar-refractivity contribution in [1.82, 2.24) is 4.90 Å². The van der Waals surface area contributed by atoms with Crippen LogP contribution in [0.3, 0.4) is 0 Å². The van der Waals surface area contributed by atoms with Gasteiger partial charge in [0.25, 0.3) is 0 Å². The number of anilines is 1. The van der Waals surface area contributed by atoms with Crippen molar-refractivity contribution in [1.29, 1.82) is 0 Å². The van der Waals surface area contributed by atoms with E-state index in [0.29, 0.717) is 0 Å². The summed E-state index contributed by atoms with van der Waals surface area (Å²) in [6.07, 6.45) is 2.53. The number of benzene rings is 1. The third-order valence-electron chi connectivity index (χ3n) is 5.12. The Morgan fingerprint density at radius 2 is 1.86 bits per heavy atom. The predicted molar refractivity (Wildman–Crippen MR) is 93.3 cm³/mol. The number of nitrogens with two attached hydrogens (primary N) is 1. The summed E-state index contributed by atoms with van der Waals surface area (Å²) in [5, 5.41) is 0. The third-order valence-corrected chi connectivity index (χ3v) is 6.11. The zero-order valence-corrected chi connectivity index (χ0v) is 13.9. The number of aryl methyl sites for hydroxylation is 1. The highest BCUT2D eigenvalue weighted by Crippen LogP contribution is 2.33. The van der Waals surface area contributed by atoms with Crippen LogP contribution in [0.2, 0.25) is 0 Å². The molecule has 3 rings (SSSR count). The van der Waals surface area contributed by atoms with Gasteiger partial charge in [-0.1, -0.05) is 12.1 Å². The van der Waals surface area contributed by atoms with Gasteiger partial charge in [-0.25, -0.2) is 0 Å². The van der Waals surface area contributed by atoms with Crippen molar-refractivity contribution in [3.63, 3.8) is 0 Å². The van der Waals surface area contributed by atoms with E-state index in [0.717, 1.165) is 32.7 Å². The summed E-state index contributed by atoms with van der Waals surface area (Å²) in [5.74, 6) is 2.55. The van der Waals surface area contributed by atoms with Gasteiger partial charge >= 0.3 is 0 Å². The smallest absolute Gasteiger partial charge is 0.0369 e. The first-order chi connectivity index (χ1) is 10.2. The molecule has 3 nitrogen and oxygen atoms in total. The van der Waals surface area contributed by atoms with Gasteiger partial charge in [0, 0.05) is 44.0 Å². The van der Waals surface area contributed by atoms with Crippen molar-refractivity contribution in [3.05, 3.63) is 29.8 Å². The van der Waals surface area contributed by atoms with Crippen LogP contribution in [0, 0.1) is 6.92 Å². The Balaban J connectivity index is 1.64. The maximum absolute atomic E-state index is 6.17. The third kappa shape index (κ3) is 3.22. The highest BCUT2D eigenvalue weighted by atomic mass is 32.2. The lowest BCUT2D eigenvalue weighted by molar-refractivity contribution is 0.0783. The summed E-state index contributed by atoms with van der Waals surface area (Å²) in [4.78, 5) is 5.20. The van der Waals surface area contributed by atoms with Gasteiger partial charge in [0.1, 0.15) is 0 Å². The highest BCUT2D eigenvalue weighted by molar-refractivity contribution is 7.99. The first-order valence-electron chi connectivity index (χ1n) is 8.08. The van der Waals surface area contributed by atoms with Gasteiger partial charge in [-0.15, -0.1) is 0 Å². The van der Waals surface area contributed by atoms with E-state index in [1.165, 1.54) is 35.6 Å². The normalized spacial score (nSPS) is 23.2. The summed E-state index contributed by atoms with van der Waals surface area (Å²) < 4.78 is 0. The zero-order valence-electron chi connectivity index (χ0n) is 13.1. The summed E-state index contributed by atoms with van der Waals surface area (Å²) in [5.41, 5.74) is 9.17. The molecule has 0 radical (unpaired) electrons. The van der Waals surface area contributed by atoms with Crippen LogP contribution in [0.4, 0.5) is 5.69 Å². The van der Waals surface area contributed by atoms with E-state index in [1.807, 2.05) is 0 Å². The Morgan fingerprint density at radius 3 is 2.48 bits per heavy atom. The van der Waals surface area contributed by atoms with E-state index < -0.39 is 0 Å². The number of rotatable bonds is 3. The fraction of sp³-hybridized carbons (Fsp3) is 0.647. The molecule has 0 unspecified atom stereocenters. The first kappa shape index (κ1) is 15.2. The van der Waals surface area contributed by atoms with Crippen molar-refractivity contribution in [2.75, 3.05) is 49.1 Å². The van der Waals surface area contributed by atoms with Crippen LogP contribution in [0.5, 0.6) is 0 Å². The van der Waals surface area contributed by atoms with Crippen molar-refractivity contribution in [2.24, 2.45) is 5.73 Å². The summed E-state index contributed by atoms with van der Waals surface area (Å²) in [6, 6.07) is 8.86. The standard InChI is InChI=1S/C17H27N3S/c1-15-3-2-4-16(13-15)19-7-9-20(10-8-19)17(14-18)5-11-21-12-6-17/h2-4,13H,5-12,14,18H2,1H3.